The molecule has 0 aliphatic rings. The Labute approximate surface area is 119 Å². The van der Waals surface area contributed by atoms with Gasteiger partial charge >= 0.3 is 12.0 Å². The molecule has 0 radical (unpaired) electrons. The van der Waals surface area contributed by atoms with Crippen LogP contribution in [0.3, 0.4) is 0 Å². The normalized spacial score (nSPS) is 11.7. The standard InChI is InChI=1S/C12H15BrN2O4/c1-15(6-8-3-2-4-9(13)5-8)12(19)14-10(7-16)11(17)18/h2-5,10,16H,6-7H2,1H3,(H,14,19)(H,17,18). The van der Waals surface area contributed by atoms with Gasteiger partial charge < -0.3 is 20.4 Å². The molecule has 1 aromatic carbocycles. The highest BCUT2D eigenvalue weighted by atomic mass is 79.9. The number of nitrogens with zero attached hydrogens (tertiary/aromatic N) is 1. The van der Waals surface area contributed by atoms with Crippen LogP contribution in [-0.2, 0) is 11.3 Å². The van der Waals surface area contributed by atoms with Crippen LogP contribution in [0.25, 0.3) is 0 Å². The maximum Gasteiger partial charge on any atom is 0.328 e. The van der Waals surface area contributed by atoms with Crippen LogP contribution in [0.5, 0.6) is 0 Å². The quantitative estimate of drug-likeness (QED) is 0.752. The van der Waals surface area contributed by atoms with Crippen molar-refractivity contribution in [3.8, 4) is 0 Å². The molecule has 0 aromatic heterocycles. The number of benzene rings is 1. The van der Waals surface area contributed by atoms with Gasteiger partial charge in [0.05, 0.1) is 6.61 Å². The van der Waals surface area contributed by atoms with E-state index in [0.29, 0.717) is 6.54 Å². The average Bonchev–Trinajstić information content (AvgIpc) is 2.35. The van der Waals surface area contributed by atoms with Crippen molar-refractivity contribution in [2.24, 2.45) is 0 Å². The van der Waals surface area contributed by atoms with Gasteiger partial charge in [-0.2, -0.15) is 0 Å². The molecule has 1 aromatic rings. The van der Waals surface area contributed by atoms with Gasteiger partial charge in [-0.05, 0) is 17.7 Å². The first-order chi connectivity index (χ1) is 8.93. The Bertz CT molecular complexity index is 467. The minimum absolute atomic E-state index is 0.336. The van der Waals surface area contributed by atoms with E-state index in [4.69, 9.17) is 10.2 Å². The third-order valence-corrected chi connectivity index (χ3v) is 2.93. The van der Waals surface area contributed by atoms with Crippen LogP contribution in [0.1, 0.15) is 5.56 Å². The first kappa shape index (κ1) is 15.5. The summed E-state index contributed by atoms with van der Waals surface area (Å²) in [5, 5.41) is 19.8. The highest BCUT2D eigenvalue weighted by Gasteiger charge is 2.20. The number of hydrogen-bond donors (Lipinski definition) is 3. The van der Waals surface area contributed by atoms with Gasteiger partial charge in [0, 0.05) is 18.1 Å². The zero-order valence-corrected chi connectivity index (χ0v) is 11.9. The van der Waals surface area contributed by atoms with Gasteiger partial charge in [0.2, 0.25) is 0 Å². The topological polar surface area (TPSA) is 89.9 Å². The zero-order chi connectivity index (χ0) is 14.4. The number of aliphatic hydroxyl groups is 1. The fourth-order valence-corrected chi connectivity index (χ4v) is 1.87. The molecule has 0 aliphatic carbocycles. The van der Waals surface area contributed by atoms with E-state index < -0.39 is 24.6 Å². The van der Waals surface area contributed by atoms with E-state index >= 15 is 0 Å². The maximum absolute atomic E-state index is 11.7. The van der Waals surface area contributed by atoms with Gasteiger partial charge in [-0.25, -0.2) is 9.59 Å². The van der Waals surface area contributed by atoms with Crippen LogP contribution in [0.2, 0.25) is 0 Å². The summed E-state index contributed by atoms with van der Waals surface area (Å²) in [6.45, 7) is -0.311. The molecule has 0 fully saturated rings. The lowest BCUT2D eigenvalue weighted by atomic mass is 10.2. The number of nitrogens with one attached hydrogen (secondary N) is 1. The molecule has 3 N–H and O–H groups in total. The molecule has 0 spiro atoms. The number of halogens is 1. The minimum Gasteiger partial charge on any atom is -0.480 e. The minimum atomic E-state index is -1.29. The summed E-state index contributed by atoms with van der Waals surface area (Å²) in [7, 11) is 1.55. The molecule has 7 heteroatoms. The lowest BCUT2D eigenvalue weighted by Crippen LogP contribution is -2.48. The molecule has 0 heterocycles. The zero-order valence-electron chi connectivity index (χ0n) is 10.3. The van der Waals surface area contributed by atoms with Crippen LogP contribution in [0.4, 0.5) is 4.79 Å². The van der Waals surface area contributed by atoms with Crippen molar-refractivity contribution in [3.63, 3.8) is 0 Å². The lowest BCUT2D eigenvalue weighted by molar-refractivity contribution is -0.140. The summed E-state index contributed by atoms with van der Waals surface area (Å²) < 4.78 is 0.901. The number of carbonyl (C=O) groups excluding carboxylic acids is 1. The predicted molar refractivity (Wildman–Crippen MR) is 72.7 cm³/mol. The van der Waals surface area contributed by atoms with Gasteiger partial charge in [0.25, 0.3) is 0 Å². The number of carbonyl (C=O) groups is 2. The molecule has 6 nitrogen and oxygen atoms in total. The second-order valence-corrected chi connectivity index (χ2v) is 4.92. The highest BCUT2D eigenvalue weighted by Crippen LogP contribution is 2.12. The second kappa shape index (κ2) is 7.10. The Kier molecular flexibility index (Phi) is 5.78. The number of carboxylic acids is 1. The van der Waals surface area contributed by atoms with E-state index in [1.807, 2.05) is 24.3 Å². The number of amides is 2. The van der Waals surface area contributed by atoms with Crippen LogP contribution in [0.15, 0.2) is 28.7 Å². The van der Waals surface area contributed by atoms with Gasteiger partial charge in [-0.3, -0.25) is 0 Å². The first-order valence-electron chi connectivity index (χ1n) is 5.53. The van der Waals surface area contributed by atoms with Crippen molar-refractivity contribution in [2.45, 2.75) is 12.6 Å². The fraction of sp³-hybridized carbons (Fsp3) is 0.333. The maximum atomic E-state index is 11.7. The molecule has 0 aliphatic heterocycles. The van der Waals surface area contributed by atoms with Gasteiger partial charge in [-0.15, -0.1) is 0 Å². The number of carboxylic acid groups (broad SMARTS) is 1. The summed E-state index contributed by atoms with van der Waals surface area (Å²) in [6.07, 6.45) is 0. The summed E-state index contributed by atoms with van der Waals surface area (Å²) in [6, 6.07) is 5.59. The Morgan fingerprint density at radius 1 is 1.47 bits per heavy atom. The first-order valence-corrected chi connectivity index (χ1v) is 6.33. The molecule has 19 heavy (non-hydrogen) atoms. The average molecular weight is 331 g/mol. The smallest absolute Gasteiger partial charge is 0.328 e. The van der Waals surface area contributed by atoms with E-state index in [1.54, 1.807) is 7.05 Å². The van der Waals surface area contributed by atoms with E-state index in [2.05, 4.69) is 21.2 Å². The number of rotatable bonds is 5. The summed E-state index contributed by atoms with van der Waals surface area (Å²) >= 11 is 3.33. The lowest BCUT2D eigenvalue weighted by Gasteiger charge is -2.20. The van der Waals surface area contributed by atoms with E-state index in [0.717, 1.165) is 10.0 Å². The van der Waals surface area contributed by atoms with Crippen molar-refractivity contribution in [3.05, 3.63) is 34.3 Å². The SMILES string of the molecule is CN(Cc1cccc(Br)c1)C(=O)NC(CO)C(=O)O. The van der Waals surface area contributed by atoms with Crippen LogP contribution >= 0.6 is 15.9 Å². The van der Waals surface area contributed by atoms with Crippen molar-refractivity contribution in [1.82, 2.24) is 10.2 Å². The summed E-state index contributed by atoms with van der Waals surface area (Å²) in [4.78, 5) is 23.8. The second-order valence-electron chi connectivity index (χ2n) is 4.01. The van der Waals surface area contributed by atoms with Crippen molar-refractivity contribution in [1.29, 1.82) is 0 Å². The Balaban J connectivity index is 2.60. The third-order valence-electron chi connectivity index (χ3n) is 2.43. The molecule has 104 valence electrons. The van der Waals surface area contributed by atoms with Crippen LogP contribution in [-0.4, -0.2) is 46.8 Å². The predicted octanol–water partition coefficient (Wildman–Crippen LogP) is 1.04. The third kappa shape index (κ3) is 4.88. The molecule has 1 atom stereocenters. The molecule has 1 rings (SSSR count). The highest BCUT2D eigenvalue weighted by molar-refractivity contribution is 9.10. The number of urea groups is 1. The molecule has 2 amide bonds. The van der Waals surface area contributed by atoms with Crippen molar-refractivity contribution >= 4 is 27.9 Å². The van der Waals surface area contributed by atoms with Crippen LogP contribution < -0.4 is 5.32 Å². The van der Waals surface area contributed by atoms with E-state index in [9.17, 15) is 9.59 Å². The summed E-state index contributed by atoms with van der Waals surface area (Å²) in [5.41, 5.74) is 0.905. The molecule has 0 saturated heterocycles. The molecule has 0 saturated carbocycles. The molecular weight excluding hydrogens is 316 g/mol. The Morgan fingerprint density at radius 3 is 2.68 bits per heavy atom. The van der Waals surface area contributed by atoms with Crippen LogP contribution in [0, 0.1) is 0 Å². The molecular formula is C12H15BrN2O4. The number of aliphatic hydroxyl groups excluding tert-OH is 1. The van der Waals surface area contributed by atoms with Crippen molar-refractivity contribution < 1.29 is 19.8 Å². The monoisotopic (exact) mass is 330 g/mol. The van der Waals surface area contributed by atoms with Crippen molar-refractivity contribution in [2.75, 3.05) is 13.7 Å². The molecule has 1 unspecified atom stereocenters. The van der Waals surface area contributed by atoms with E-state index in [1.165, 1.54) is 4.90 Å². The number of aliphatic carboxylic acids is 1. The molecule has 0 bridgehead atoms. The van der Waals surface area contributed by atoms with Gasteiger partial charge in [-0.1, -0.05) is 28.1 Å². The van der Waals surface area contributed by atoms with Gasteiger partial charge in [0.1, 0.15) is 0 Å². The summed E-state index contributed by atoms with van der Waals surface area (Å²) in [5.74, 6) is -1.27. The Hall–Kier alpha value is -1.60. The van der Waals surface area contributed by atoms with Gasteiger partial charge in [0.15, 0.2) is 6.04 Å². The van der Waals surface area contributed by atoms with E-state index in [-0.39, 0.29) is 0 Å². The largest absolute Gasteiger partial charge is 0.480 e. The Morgan fingerprint density at radius 2 is 2.16 bits per heavy atom. The fourth-order valence-electron chi connectivity index (χ4n) is 1.43. The number of hydrogen-bond acceptors (Lipinski definition) is 3.